The summed E-state index contributed by atoms with van der Waals surface area (Å²) in [4.78, 5) is 16.2. The van der Waals surface area contributed by atoms with Crippen molar-refractivity contribution in [2.75, 3.05) is 0 Å². The standard InChI is InChI=1S/C20H24N2O2S/c1-15-22-17(14-25-15)10-11-20(23)21-13-16-6-5-9-19(12-16)24-18-7-3-2-4-8-18/h5-6,9-12,14,18H,2-4,7-8,13H2,1H3,(H,21,23)/b11-10+. The van der Waals surface area contributed by atoms with Crippen molar-refractivity contribution in [3.8, 4) is 5.75 Å². The summed E-state index contributed by atoms with van der Waals surface area (Å²) in [5.74, 6) is 0.774. The van der Waals surface area contributed by atoms with Crippen LogP contribution < -0.4 is 10.1 Å². The Morgan fingerprint density at radius 3 is 2.96 bits per heavy atom. The topological polar surface area (TPSA) is 51.2 Å². The number of carbonyl (C=O) groups excluding carboxylic acids is 1. The van der Waals surface area contributed by atoms with Gasteiger partial charge in [-0.1, -0.05) is 18.6 Å². The molecule has 0 atom stereocenters. The summed E-state index contributed by atoms with van der Waals surface area (Å²) in [6.45, 7) is 2.44. The zero-order chi connectivity index (χ0) is 17.5. The van der Waals surface area contributed by atoms with Gasteiger partial charge in [0.15, 0.2) is 0 Å². The number of benzene rings is 1. The molecule has 1 N–H and O–H groups in total. The molecule has 3 rings (SSSR count). The molecule has 4 nitrogen and oxygen atoms in total. The van der Waals surface area contributed by atoms with Gasteiger partial charge in [-0.25, -0.2) is 4.98 Å². The minimum Gasteiger partial charge on any atom is -0.490 e. The molecule has 1 aliphatic carbocycles. The largest absolute Gasteiger partial charge is 0.490 e. The Hall–Kier alpha value is -2.14. The van der Waals surface area contributed by atoms with E-state index in [0.717, 1.165) is 34.9 Å². The smallest absolute Gasteiger partial charge is 0.244 e. The molecule has 25 heavy (non-hydrogen) atoms. The summed E-state index contributed by atoms with van der Waals surface area (Å²) in [7, 11) is 0. The van der Waals surface area contributed by atoms with E-state index in [-0.39, 0.29) is 5.91 Å². The summed E-state index contributed by atoms with van der Waals surface area (Å²) < 4.78 is 6.08. The zero-order valence-electron chi connectivity index (χ0n) is 14.5. The van der Waals surface area contributed by atoms with Crippen LogP contribution in [0.3, 0.4) is 0 Å². The second-order valence-electron chi connectivity index (χ2n) is 6.37. The van der Waals surface area contributed by atoms with Crippen LogP contribution in [-0.4, -0.2) is 17.0 Å². The lowest BCUT2D eigenvalue weighted by atomic mass is 9.98. The molecule has 2 aromatic rings. The molecule has 0 saturated heterocycles. The molecule has 1 saturated carbocycles. The molecule has 1 aromatic carbocycles. The molecule has 132 valence electrons. The molecule has 1 fully saturated rings. The van der Waals surface area contributed by atoms with Crippen LogP contribution in [0.5, 0.6) is 5.75 Å². The lowest BCUT2D eigenvalue weighted by molar-refractivity contribution is -0.116. The fourth-order valence-electron chi connectivity index (χ4n) is 2.97. The van der Waals surface area contributed by atoms with Gasteiger partial charge < -0.3 is 10.1 Å². The highest BCUT2D eigenvalue weighted by Gasteiger charge is 2.14. The van der Waals surface area contributed by atoms with Crippen LogP contribution >= 0.6 is 11.3 Å². The van der Waals surface area contributed by atoms with Gasteiger partial charge in [0, 0.05) is 18.0 Å². The number of nitrogens with zero attached hydrogens (tertiary/aromatic N) is 1. The van der Waals surface area contributed by atoms with E-state index in [1.807, 2.05) is 36.6 Å². The molecule has 1 aromatic heterocycles. The highest BCUT2D eigenvalue weighted by Crippen LogP contribution is 2.23. The monoisotopic (exact) mass is 356 g/mol. The highest BCUT2D eigenvalue weighted by molar-refractivity contribution is 7.09. The predicted molar refractivity (Wildman–Crippen MR) is 102 cm³/mol. The average molecular weight is 356 g/mol. The van der Waals surface area contributed by atoms with Crippen LogP contribution in [0, 0.1) is 6.92 Å². The van der Waals surface area contributed by atoms with E-state index in [1.54, 1.807) is 17.4 Å². The van der Waals surface area contributed by atoms with E-state index in [4.69, 9.17) is 4.74 Å². The SMILES string of the molecule is Cc1nc(/C=C/C(=O)NCc2cccc(OC3CCCCC3)c2)cs1. The quantitative estimate of drug-likeness (QED) is 0.776. The molecule has 0 bridgehead atoms. The number of thiazole rings is 1. The van der Waals surface area contributed by atoms with E-state index in [2.05, 4.69) is 10.3 Å². The molecular weight excluding hydrogens is 332 g/mol. The van der Waals surface area contributed by atoms with Crippen molar-refractivity contribution in [3.05, 3.63) is 52.0 Å². The number of aromatic nitrogens is 1. The first-order valence-electron chi connectivity index (χ1n) is 8.83. The Morgan fingerprint density at radius 2 is 2.20 bits per heavy atom. The van der Waals surface area contributed by atoms with Crippen molar-refractivity contribution in [2.45, 2.75) is 51.7 Å². The van der Waals surface area contributed by atoms with E-state index < -0.39 is 0 Å². The van der Waals surface area contributed by atoms with Crippen LogP contribution in [0.25, 0.3) is 6.08 Å². The maximum absolute atomic E-state index is 11.9. The van der Waals surface area contributed by atoms with Crippen molar-refractivity contribution < 1.29 is 9.53 Å². The maximum atomic E-state index is 11.9. The Balaban J connectivity index is 1.49. The van der Waals surface area contributed by atoms with Gasteiger partial charge in [0.05, 0.1) is 16.8 Å². The number of rotatable bonds is 6. The molecule has 0 radical (unpaired) electrons. The van der Waals surface area contributed by atoms with Gasteiger partial charge in [0.2, 0.25) is 5.91 Å². The van der Waals surface area contributed by atoms with Crippen LogP contribution in [-0.2, 0) is 11.3 Å². The van der Waals surface area contributed by atoms with Crippen molar-refractivity contribution in [2.24, 2.45) is 0 Å². The number of amides is 1. The minimum atomic E-state index is -0.121. The number of aryl methyl sites for hydroxylation is 1. The van der Waals surface area contributed by atoms with Gasteiger partial charge in [0.25, 0.3) is 0 Å². The first kappa shape index (κ1) is 17.7. The van der Waals surface area contributed by atoms with Gasteiger partial charge in [-0.05, 0) is 56.4 Å². The molecule has 0 aliphatic heterocycles. The number of ether oxygens (including phenoxy) is 1. The first-order valence-corrected chi connectivity index (χ1v) is 9.70. The number of carbonyl (C=O) groups is 1. The molecule has 1 aliphatic rings. The zero-order valence-corrected chi connectivity index (χ0v) is 15.3. The summed E-state index contributed by atoms with van der Waals surface area (Å²) >= 11 is 1.57. The third kappa shape index (κ3) is 5.71. The van der Waals surface area contributed by atoms with Crippen LogP contribution in [0.15, 0.2) is 35.7 Å². The van der Waals surface area contributed by atoms with E-state index in [9.17, 15) is 4.79 Å². The van der Waals surface area contributed by atoms with Crippen LogP contribution in [0.4, 0.5) is 0 Å². The number of hydrogen-bond acceptors (Lipinski definition) is 4. The van der Waals surface area contributed by atoms with Gasteiger partial charge >= 0.3 is 0 Å². The second-order valence-corrected chi connectivity index (χ2v) is 7.43. The van der Waals surface area contributed by atoms with Crippen molar-refractivity contribution >= 4 is 23.3 Å². The normalized spacial score (nSPS) is 15.4. The van der Waals surface area contributed by atoms with Gasteiger partial charge in [-0.3, -0.25) is 4.79 Å². The van der Waals surface area contributed by atoms with Gasteiger partial charge in [-0.15, -0.1) is 11.3 Å². The Labute approximate surface area is 152 Å². The summed E-state index contributed by atoms with van der Waals surface area (Å²) in [6.07, 6.45) is 9.71. The van der Waals surface area contributed by atoms with Crippen molar-refractivity contribution in [1.29, 1.82) is 0 Å². The third-order valence-electron chi connectivity index (χ3n) is 4.26. The van der Waals surface area contributed by atoms with Gasteiger partial charge in [-0.2, -0.15) is 0 Å². The number of nitrogens with one attached hydrogen (secondary N) is 1. The fraction of sp³-hybridized carbons (Fsp3) is 0.400. The third-order valence-corrected chi connectivity index (χ3v) is 5.05. The summed E-state index contributed by atoms with van der Waals surface area (Å²) in [5.41, 5.74) is 1.86. The molecule has 1 amide bonds. The number of hydrogen-bond donors (Lipinski definition) is 1. The van der Waals surface area contributed by atoms with E-state index in [0.29, 0.717) is 12.6 Å². The van der Waals surface area contributed by atoms with Crippen LogP contribution in [0.2, 0.25) is 0 Å². The van der Waals surface area contributed by atoms with Crippen LogP contribution in [0.1, 0.15) is 48.4 Å². The summed E-state index contributed by atoms with van der Waals surface area (Å²) in [6, 6.07) is 7.99. The fourth-order valence-corrected chi connectivity index (χ4v) is 3.55. The van der Waals surface area contributed by atoms with Crippen molar-refractivity contribution in [1.82, 2.24) is 10.3 Å². The predicted octanol–water partition coefficient (Wildman–Crippen LogP) is 4.49. The second kappa shape index (κ2) is 8.81. The lowest BCUT2D eigenvalue weighted by Gasteiger charge is -2.23. The average Bonchev–Trinajstić information content (AvgIpc) is 3.05. The Kier molecular flexibility index (Phi) is 6.23. The van der Waals surface area contributed by atoms with Crippen molar-refractivity contribution in [3.63, 3.8) is 0 Å². The first-order chi connectivity index (χ1) is 12.2. The Bertz CT molecular complexity index is 733. The molecular formula is C20H24N2O2S. The molecule has 5 heteroatoms. The molecule has 1 heterocycles. The highest BCUT2D eigenvalue weighted by atomic mass is 32.1. The summed E-state index contributed by atoms with van der Waals surface area (Å²) in [5, 5.41) is 5.83. The Morgan fingerprint density at radius 1 is 1.36 bits per heavy atom. The minimum absolute atomic E-state index is 0.121. The lowest BCUT2D eigenvalue weighted by Crippen LogP contribution is -2.21. The van der Waals surface area contributed by atoms with E-state index >= 15 is 0 Å². The van der Waals surface area contributed by atoms with Gasteiger partial charge in [0.1, 0.15) is 5.75 Å². The maximum Gasteiger partial charge on any atom is 0.244 e. The molecule has 0 spiro atoms. The van der Waals surface area contributed by atoms with E-state index in [1.165, 1.54) is 25.3 Å². The molecule has 0 unspecified atom stereocenters.